The zero-order valence-corrected chi connectivity index (χ0v) is 11.8. The van der Waals surface area contributed by atoms with Crippen LogP contribution in [0.1, 0.15) is 0 Å². The first-order chi connectivity index (χ1) is 10.1. The minimum absolute atomic E-state index is 0.0259. The quantitative estimate of drug-likeness (QED) is 0.659. The minimum Gasteiger partial charge on any atom is -0.531 e. The highest BCUT2D eigenvalue weighted by Crippen LogP contribution is 2.18. The Labute approximate surface area is 125 Å². The van der Waals surface area contributed by atoms with Crippen molar-refractivity contribution in [3.05, 3.63) is 30.3 Å². The van der Waals surface area contributed by atoms with Gasteiger partial charge in [0.05, 0.1) is 13.1 Å². The van der Waals surface area contributed by atoms with Gasteiger partial charge in [-0.3, -0.25) is 14.9 Å². The van der Waals surface area contributed by atoms with Crippen LogP contribution in [0.5, 0.6) is 0 Å². The fourth-order valence-corrected chi connectivity index (χ4v) is 2.23. The van der Waals surface area contributed by atoms with E-state index in [1.54, 1.807) is 0 Å². The van der Waals surface area contributed by atoms with Crippen LogP contribution in [0.15, 0.2) is 30.3 Å². The minimum atomic E-state index is -1.03. The van der Waals surface area contributed by atoms with Crippen molar-refractivity contribution in [2.45, 2.75) is 0 Å². The first kappa shape index (κ1) is 15.1. The summed E-state index contributed by atoms with van der Waals surface area (Å²) in [7, 11) is 0.0259. The lowest BCUT2D eigenvalue weighted by molar-refractivity contribution is -0.136. The van der Waals surface area contributed by atoms with Crippen molar-refractivity contribution >= 4 is 35.7 Å². The average Bonchev–Trinajstić information content (AvgIpc) is 2.94. The van der Waals surface area contributed by atoms with Crippen molar-refractivity contribution in [3.63, 3.8) is 0 Å². The molecule has 0 radical (unpaired) electrons. The van der Waals surface area contributed by atoms with Gasteiger partial charge in [-0.25, -0.2) is 0 Å². The summed E-state index contributed by atoms with van der Waals surface area (Å²) in [5.41, 5.74) is 0.954. The molecule has 2 aromatic rings. The number of carbonyl (C=O) groups is 2. The Bertz CT molecular complexity index is 620. The zero-order chi connectivity index (χ0) is 15.1. The van der Waals surface area contributed by atoms with E-state index in [4.69, 9.17) is 9.76 Å². The molecule has 0 aliphatic heterocycles. The van der Waals surface area contributed by atoms with Crippen molar-refractivity contribution in [1.29, 1.82) is 0 Å². The van der Waals surface area contributed by atoms with Crippen LogP contribution in [0.2, 0.25) is 0 Å². The molecule has 108 valence electrons. The van der Waals surface area contributed by atoms with Gasteiger partial charge >= 0.3 is 19.4 Å². The molecule has 2 rings (SSSR count). The van der Waals surface area contributed by atoms with Gasteiger partial charge in [-0.1, -0.05) is 30.3 Å². The fraction of sp³-hybridized carbons (Fsp3) is 0.167. The highest BCUT2D eigenvalue weighted by atomic mass is 32.1. The third kappa shape index (κ3) is 4.97. The standard InChI is InChI=1S/C12H12BN3O4S/c17-9(18)6-14-7-10(19)20-13-12-16-15-11(21-12)8-4-2-1-3-5-8/h1-5,13-14H,6-7H2,(H,17,18). The Kier molecular flexibility index (Phi) is 5.41. The van der Waals surface area contributed by atoms with Gasteiger partial charge in [0.1, 0.15) is 9.91 Å². The van der Waals surface area contributed by atoms with Crippen LogP contribution in [0.25, 0.3) is 10.6 Å². The number of carboxylic acids is 1. The van der Waals surface area contributed by atoms with Gasteiger partial charge < -0.3 is 9.76 Å². The molecule has 0 aliphatic rings. The molecular weight excluding hydrogens is 293 g/mol. The van der Waals surface area contributed by atoms with Gasteiger partial charge in [0.15, 0.2) is 0 Å². The molecule has 1 heterocycles. The molecule has 0 saturated heterocycles. The van der Waals surface area contributed by atoms with E-state index >= 15 is 0 Å². The number of nitrogens with one attached hydrogen (secondary N) is 1. The lowest BCUT2D eigenvalue weighted by Crippen LogP contribution is -2.32. The highest BCUT2D eigenvalue weighted by Gasteiger charge is 2.11. The average molecular weight is 305 g/mol. The predicted octanol–water partition coefficient (Wildman–Crippen LogP) is -0.601. The summed E-state index contributed by atoms with van der Waals surface area (Å²) in [6.07, 6.45) is 0. The molecule has 0 unspecified atom stereocenters. The lowest BCUT2D eigenvalue weighted by atomic mass is 10.0. The van der Waals surface area contributed by atoms with Crippen molar-refractivity contribution in [1.82, 2.24) is 15.5 Å². The van der Waals surface area contributed by atoms with E-state index in [9.17, 15) is 9.59 Å². The number of rotatable bonds is 7. The van der Waals surface area contributed by atoms with Crippen LogP contribution in [-0.2, 0) is 14.2 Å². The molecule has 1 aromatic carbocycles. The molecule has 9 heteroatoms. The normalized spacial score (nSPS) is 10.1. The first-order valence-corrected chi connectivity index (χ1v) is 6.93. The third-order valence-corrected chi connectivity index (χ3v) is 3.34. The van der Waals surface area contributed by atoms with Gasteiger partial charge in [0.2, 0.25) is 0 Å². The van der Waals surface area contributed by atoms with Gasteiger partial charge in [-0.2, -0.15) is 0 Å². The van der Waals surface area contributed by atoms with Gasteiger partial charge in [-0.15, -0.1) is 21.5 Å². The zero-order valence-electron chi connectivity index (χ0n) is 11.0. The summed E-state index contributed by atoms with van der Waals surface area (Å²) in [5, 5.41) is 19.6. The molecule has 0 atom stereocenters. The largest absolute Gasteiger partial charge is 0.531 e. The number of aromatic nitrogens is 2. The summed E-state index contributed by atoms with van der Waals surface area (Å²) in [4.78, 5) is 22.2. The molecule has 7 nitrogen and oxygen atoms in total. The van der Waals surface area contributed by atoms with Crippen LogP contribution in [0.3, 0.4) is 0 Å². The summed E-state index contributed by atoms with van der Waals surface area (Å²) < 4.78 is 4.97. The van der Waals surface area contributed by atoms with E-state index in [0.717, 1.165) is 10.6 Å². The van der Waals surface area contributed by atoms with Gasteiger partial charge in [0, 0.05) is 5.56 Å². The highest BCUT2D eigenvalue weighted by molar-refractivity contribution is 7.23. The molecule has 1 aromatic heterocycles. The molecule has 0 fully saturated rings. The number of carboxylic acid groups (broad SMARTS) is 1. The van der Waals surface area contributed by atoms with Crippen LogP contribution in [-0.4, -0.2) is 47.8 Å². The van der Waals surface area contributed by atoms with E-state index in [1.165, 1.54) is 11.3 Å². The molecule has 0 saturated carbocycles. The number of carbonyl (C=O) groups excluding carboxylic acids is 1. The second-order valence-corrected chi connectivity index (χ2v) is 5.09. The first-order valence-electron chi connectivity index (χ1n) is 6.11. The number of nitrogens with zero attached hydrogens (tertiary/aromatic N) is 2. The summed E-state index contributed by atoms with van der Waals surface area (Å²) in [6.45, 7) is -0.442. The Balaban J connectivity index is 1.80. The van der Waals surface area contributed by atoms with Crippen molar-refractivity contribution < 1.29 is 19.3 Å². The van der Waals surface area contributed by atoms with E-state index in [0.29, 0.717) is 4.91 Å². The maximum Gasteiger partial charge on any atom is 0.410 e. The number of hydrogen-bond acceptors (Lipinski definition) is 7. The second kappa shape index (κ2) is 7.51. The molecule has 0 spiro atoms. The van der Waals surface area contributed by atoms with Crippen molar-refractivity contribution in [3.8, 4) is 10.6 Å². The molecular formula is C12H12BN3O4S. The van der Waals surface area contributed by atoms with Crippen LogP contribution >= 0.6 is 11.3 Å². The van der Waals surface area contributed by atoms with Gasteiger partial charge in [0.25, 0.3) is 0 Å². The molecule has 2 N–H and O–H groups in total. The van der Waals surface area contributed by atoms with E-state index in [-0.39, 0.29) is 20.6 Å². The van der Waals surface area contributed by atoms with E-state index in [1.807, 2.05) is 30.3 Å². The number of hydrogen-bond donors (Lipinski definition) is 2. The molecule has 0 aliphatic carbocycles. The maximum atomic E-state index is 11.4. The molecule has 0 amide bonds. The lowest BCUT2D eigenvalue weighted by Gasteiger charge is -2.01. The van der Waals surface area contributed by atoms with Gasteiger partial charge in [-0.05, 0) is 0 Å². The van der Waals surface area contributed by atoms with Crippen LogP contribution < -0.4 is 10.2 Å². The van der Waals surface area contributed by atoms with Crippen LogP contribution in [0, 0.1) is 0 Å². The fourth-order valence-electron chi connectivity index (χ4n) is 1.47. The Morgan fingerprint density at radius 2 is 2.00 bits per heavy atom. The Morgan fingerprint density at radius 1 is 1.24 bits per heavy atom. The molecule has 0 bridgehead atoms. The number of aliphatic carboxylic acids is 1. The number of benzene rings is 1. The molecule has 21 heavy (non-hydrogen) atoms. The monoisotopic (exact) mass is 305 g/mol. The topological polar surface area (TPSA) is 101 Å². The van der Waals surface area contributed by atoms with Crippen LogP contribution in [0.4, 0.5) is 0 Å². The Morgan fingerprint density at radius 3 is 2.71 bits per heavy atom. The summed E-state index contributed by atoms with van der Waals surface area (Å²) in [6, 6.07) is 9.57. The van der Waals surface area contributed by atoms with Crippen molar-refractivity contribution in [2.24, 2.45) is 0 Å². The summed E-state index contributed by atoms with van der Waals surface area (Å²) >= 11 is 1.34. The van der Waals surface area contributed by atoms with Crippen molar-refractivity contribution in [2.75, 3.05) is 13.1 Å². The second-order valence-electron chi connectivity index (χ2n) is 4.02. The predicted molar refractivity (Wildman–Crippen MR) is 78.7 cm³/mol. The third-order valence-electron chi connectivity index (χ3n) is 2.39. The Hall–Kier alpha value is -2.26. The maximum absolute atomic E-state index is 11.4. The van der Waals surface area contributed by atoms with E-state index in [2.05, 4.69) is 15.5 Å². The SMILES string of the molecule is O=C(O)CNCC(=O)OBc1nnc(-c2ccccc2)s1. The smallest absolute Gasteiger partial charge is 0.410 e. The van der Waals surface area contributed by atoms with E-state index < -0.39 is 11.9 Å². The summed E-state index contributed by atoms with van der Waals surface area (Å²) in [5.74, 6) is -1.56.